The minimum atomic E-state index is -3.94. The second kappa shape index (κ2) is 7.40. The Morgan fingerprint density at radius 1 is 1.25 bits per heavy atom. The van der Waals surface area contributed by atoms with Gasteiger partial charge in [-0.25, -0.2) is 13.9 Å². The van der Waals surface area contributed by atoms with Crippen molar-refractivity contribution in [3.8, 4) is 11.5 Å². The molecule has 28 heavy (non-hydrogen) atoms. The van der Waals surface area contributed by atoms with E-state index in [0.717, 1.165) is 4.31 Å². The van der Waals surface area contributed by atoms with Crippen molar-refractivity contribution in [2.75, 3.05) is 13.7 Å². The number of carbonyl (C=O) groups is 1. The minimum Gasteiger partial charge on any atom is -0.497 e. The smallest absolute Gasteiger partial charge is 0.274 e. The highest BCUT2D eigenvalue weighted by Crippen LogP contribution is 2.32. The summed E-state index contributed by atoms with van der Waals surface area (Å²) in [6, 6.07) is 10.2. The molecule has 2 aromatic carbocycles. The van der Waals surface area contributed by atoms with Crippen molar-refractivity contribution < 1.29 is 33.0 Å². The molecule has 0 radical (unpaired) electrons. The van der Waals surface area contributed by atoms with Crippen LogP contribution in [0.15, 0.2) is 47.4 Å². The highest BCUT2D eigenvalue weighted by atomic mass is 32.2. The van der Waals surface area contributed by atoms with Gasteiger partial charge in [-0.2, -0.15) is 4.31 Å². The van der Waals surface area contributed by atoms with Gasteiger partial charge in [-0.15, -0.1) is 0 Å². The zero-order valence-corrected chi connectivity index (χ0v) is 16.1. The van der Waals surface area contributed by atoms with Gasteiger partial charge >= 0.3 is 0 Å². The van der Waals surface area contributed by atoms with Gasteiger partial charge in [0.2, 0.25) is 15.8 Å². The van der Waals surface area contributed by atoms with Gasteiger partial charge in [0.1, 0.15) is 11.5 Å². The van der Waals surface area contributed by atoms with Gasteiger partial charge in [0.25, 0.3) is 5.91 Å². The lowest BCUT2D eigenvalue weighted by Gasteiger charge is -2.27. The summed E-state index contributed by atoms with van der Waals surface area (Å²) in [4.78, 5) is 11.7. The SMILES string of the molecule is COc1ccc(S(=O)(=O)N2Cc3ccc(C(=O)NO)cc3O[C@@](C)(O)C2)cc1. The first kappa shape index (κ1) is 20.1. The Hall–Kier alpha value is -2.66. The number of hydroxylamine groups is 1. The Kier molecular flexibility index (Phi) is 5.31. The number of rotatable bonds is 4. The molecule has 0 fully saturated rings. The number of carbonyl (C=O) groups excluding carboxylic acids is 1. The number of β-amino-alcohol motifs (C(OH)–C–C–N with tert-alkyl or cyclic N) is 1. The number of hydrogen-bond donors (Lipinski definition) is 3. The summed E-state index contributed by atoms with van der Waals surface area (Å²) in [5, 5.41) is 19.3. The number of aliphatic hydroxyl groups is 1. The van der Waals surface area contributed by atoms with Crippen LogP contribution in [0.1, 0.15) is 22.8 Å². The van der Waals surface area contributed by atoms with Gasteiger partial charge < -0.3 is 14.6 Å². The lowest BCUT2D eigenvalue weighted by Crippen LogP contribution is -2.45. The van der Waals surface area contributed by atoms with Crippen molar-refractivity contribution in [3.63, 3.8) is 0 Å². The van der Waals surface area contributed by atoms with E-state index in [9.17, 15) is 18.3 Å². The summed E-state index contributed by atoms with van der Waals surface area (Å²) in [5.74, 6) is -1.92. The normalized spacial score (nSPS) is 19.9. The van der Waals surface area contributed by atoms with Crippen molar-refractivity contribution in [1.82, 2.24) is 9.79 Å². The fourth-order valence-corrected chi connectivity index (χ4v) is 4.39. The maximum atomic E-state index is 13.1. The summed E-state index contributed by atoms with van der Waals surface area (Å²) in [5.41, 5.74) is 2.08. The maximum absolute atomic E-state index is 13.1. The fraction of sp³-hybridized carbons (Fsp3) is 0.278. The Bertz CT molecular complexity index is 987. The van der Waals surface area contributed by atoms with E-state index in [1.807, 2.05) is 0 Å². The summed E-state index contributed by atoms with van der Waals surface area (Å²) < 4.78 is 37.9. The number of hydrogen-bond acceptors (Lipinski definition) is 7. The maximum Gasteiger partial charge on any atom is 0.274 e. The number of benzene rings is 2. The number of amides is 1. The third-order valence-electron chi connectivity index (χ3n) is 4.27. The summed E-state index contributed by atoms with van der Waals surface area (Å²) in [7, 11) is -2.46. The van der Waals surface area contributed by atoms with Crippen LogP contribution in [0, 0.1) is 0 Å². The van der Waals surface area contributed by atoms with Crippen molar-refractivity contribution in [2.45, 2.75) is 24.2 Å². The number of fused-ring (bicyclic) bond motifs is 1. The largest absolute Gasteiger partial charge is 0.497 e. The van der Waals surface area contributed by atoms with Gasteiger partial charge in [-0.3, -0.25) is 10.0 Å². The molecule has 1 aliphatic rings. The van der Waals surface area contributed by atoms with Crippen LogP contribution in [-0.4, -0.2) is 48.4 Å². The van der Waals surface area contributed by atoms with Gasteiger partial charge in [-0.1, -0.05) is 6.07 Å². The quantitative estimate of drug-likeness (QED) is 0.511. The molecule has 2 aromatic rings. The number of nitrogens with one attached hydrogen (secondary N) is 1. The molecule has 3 rings (SSSR count). The van der Waals surface area contributed by atoms with Crippen LogP contribution in [0.25, 0.3) is 0 Å². The average molecular weight is 408 g/mol. The molecule has 0 spiro atoms. The standard InChI is InChI=1S/C18H20N2O7S/c1-18(22)11-20(28(24,25)15-7-5-14(26-2)6-8-15)10-13-4-3-12(17(21)19-23)9-16(13)27-18/h3-9,22-23H,10-11H2,1-2H3,(H,19,21)/t18-/m1/s1. The zero-order chi connectivity index (χ0) is 20.5. The third-order valence-corrected chi connectivity index (χ3v) is 6.08. The Morgan fingerprint density at radius 3 is 2.54 bits per heavy atom. The second-order valence-corrected chi connectivity index (χ2v) is 8.43. The fourth-order valence-electron chi connectivity index (χ4n) is 2.89. The first-order chi connectivity index (χ1) is 13.2. The number of sulfonamides is 1. The molecule has 1 aliphatic heterocycles. The lowest BCUT2D eigenvalue weighted by molar-refractivity contribution is -0.124. The van der Waals surface area contributed by atoms with Crippen LogP contribution in [0.4, 0.5) is 0 Å². The third kappa shape index (κ3) is 3.94. The molecule has 0 aromatic heterocycles. The van der Waals surface area contributed by atoms with E-state index in [2.05, 4.69) is 0 Å². The Balaban J connectivity index is 2.00. The molecule has 0 aliphatic carbocycles. The van der Waals surface area contributed by atoms with Crippen LogP contribution < -0.4 is 15.0 Å². The van der Waals surface area contributed by atoms with Gasteiger partial charge in [-0.05, 0) is 36.4 Å². The van der Waals surface area contributed by atoms with Crippen molar-refractivity contribution >= 4 is 15.9 Å². The van der Waals surface area contributed by atoms with Crippen LogP contribution in [-0.2, 0) is 16.6 Å². The predicted octanol–water partition coefficient (Wildman–Crippen LogP) is 1.11. The van der Waals surface area contributed by atoms with Gasteiger partial charge in [0.15, 0.2) is 0 Å². The summed E-state index contributed by atoms with van der Waals surface area (Å²) in [6.45, 7) is 0.940. The first-order valence-electron chi connectivity index (χ1n) is 8.29. The predicted molar refractivity (Wildman–Crippen MR) is 97.5 cm³/mol. The van der Waals surface area contributed by atoms with Crippen molar-refractivity contribution in [1.29, 1.82) is 0 Å². The topological polar surface area (TPSA) is 125 Å². The summed E-state index contributed by atoms with van der Waals surface area (Å²) >= 11 is 0. The molecule has 10 heteroatoms. The van der Waals surface area contributed by atoms with E-state index in [1.54, 1.807) is 0 Å². The first-order valence-corrected chi connectivity index (χ1v) is 9.73. The van der Waals surface area contributed by atoms with E-state index < -0.39 is 21.7 Å². The van der Waals surface area contributed by atoms with Crippen LogP contribution in [0.3, 0.4) is 0 Å². The highest BCUT2D eigenvalue weighted by molar-refractivity contribution is 7.89. The zero-order valence-electron chi connectivity index (χ0n) is 15.2. The van der Waals surface area contributed by atoms with Crippen LogP contribution in [0.5, 0.6) is 11.5 Å². The minimum absolute atomic E-state index is 0.0452. The molecule has 0 bridgehead atoms. The lowest BCUT2D eigenvalue weighted by atomic mass is 10.1. The van der Waals surface area contributed by atoms with E-state index in [1.165, 1.54) is 62.0 Å². The van der Waals surface area contributed by atoms with E-state index in [-0.39, 0.29) is 29.3 Å². The highest BCUT2D eigenvalue weighted by Gasteiger charge is 2.37. The second-order valence-electron chi connectivity index (χ2n) is 6.49. The number of ether oxygens (including phenoxy) is 2. The van der Waals surface area contributed by atoms with Crippen LogP contribution in [0.2, 0.25) is 0 Å². The van der Waals surface area contributed by atoms with E-state index in [0.29, 0.717) is 11.3 Å². The molecule has 150 valence electrons. The average Bonchev–Trinajstić information content (AvgIpc) is 2.81. The Morgan fingerprint density at radius 2 is 1.93 bits per heavy atom. The number of methoxy groups -OCH3 is 1. The molecular formula is C18H20N2O7S. The molecule has 1 amide bonds. The van der Waals surface area contributed by atoms with Gasteiger partial charge in [0.05, 0.1) is 18.6 Å². The molecule has 0 saturated heterocycles. The molecule has 1 atom stereocenters. The monoisotopic (exact) mass is 408 g/mol. The molecule has 3 N–H and O–H groups in total. The molecule has 0 saturated carbocycles. The van der Waals surface area contributed by atoms with Crippen molar-refractivity contribution in [2.24, 2.45) is 0 Å². The van der Waals surface area contributed by atoms with Crippen molar-refractivity contribution in [3.05, 3.63) is 53.6 Å². The Labute approximate surface area is 162 Å². The number of nitrogens with zero attached hydrogens (tertiary/aromatic N) is 1. The van der Waals surface area contributed by atoms with E-state index in [4.69, 9.17) is 14.7 Å². The molecular weight excluding hydrogens is 388 g/mol. The molecule has 9 nitrogen and oxygen atoms in total. The van der Waals surface area contributed by atoms with Crippen LogP contribution >= 0.6 is 0 Å². The summed E-state index contributed by atoms with van der Waals surface area (Å²) in [6.07, 6.45) is 0. The molecule has 0 unspecified atom stereocenters. The van der Waals surface area contributed by atoms with E-state index >= 15 is 0 Å². The van der Waals surface area contributed by atoms with Gasteiger partial charge in [0, 0.05) is 24.6 Å². The molecule has 1 heterocycles.